The van der Waals surface area contributed by atoms with E-state index >= 15 is 0 Å². The van der Waals surface area contributed by atoms with Gasteiger partial charge in [-0.05, 0) is 31.0 Å². The molecule has 0 bridgehead atoms. The van der Waals surface area contributed by atoms with Crippen LogP contribution in [0.25, 0.3) is 0 Å². The Morgan fingerprint density at radius 1 is 1.50 bits per heavy atom. The average molecular weight is 302 g/mol. The van der Waals surface area contributed by atoms with Gasteiger partial charge < -0.3 is 10.0 Å². The van der Waals surface area contributed by atoms with Crippen LogP contribution in [-0.2, 0) is 14.8 Å². The van der Waals surface area contributed by atoms with Gasteiger partial charge in [0.25, 0.3) is 0 Å². The molecule has 6 nitrogen and oxygen atoms in total. The summed E-state index contributed by atoms with van der Waals surface area (Å²) in [5.74, 6) is -1.66. The van der Waals surface area contributed by atoms with Crippen LogP contribution in [0.4, 0.5) is 10.1 Å². The largest absolute Gasteiger partial charge is 0.481 e. The van der Waals surface area contributed by atoms with Gasteiger partial charge >= 0.3 is 5.97 Å². The quantitative estimate of drug-likeness (QED) is 0.861. The molecule has 0 spiro atoms. The number of carboxylic acid groups (broad SMARTS) is 1. The number of nitrogens with two attached hydrogens (primary N) is 1. The third kappa shape index (κ3) is 3.07. The van der Waals surface area contributed by atoms with Crippen molar-refractivity contribution in [2.75, 3.05) is 11.4 Å². The van der Waals surface area contributed by atoms with Crippen LogP contribution in [0, 0.1) is 5.82 Å². The minimum atomic E-state index is -3.95. The smallest absolute Gasteiger partial charge is 0.305 e. The van der Waals surface area contributed by atoms with Gasteiger partial charge in [0.2, 0.25) is 10.0 Å². The number of sulfonamides is 1. The summed E-state index contributed by atoms with van der Waals surface area (Å²) in [5, 5.41) is 13.8. The second kappa shape index (κ2) is 5.37. The molecule has 1 heterocycles. The van der Waals surface area contributed by atoms with Crippen LogP contribution in [0.5, 0.6) is 0 Å². The molecule has 110 valence electrons. The number of halogens is 1. The molecular weight excluding hydrogens is 287 g/mol. The van der Waals surface area contributed by atoms with Gasteiger partial charge in [-0.15, -0.1) is 0 Å². The van der Waals surface area contributed by atoms with Gasteiger partial charge in [-0.1, -0.05) is 0 Å². The molecule has 1 aromatic carbocycles. The number of primary sulfonamides is 1. The first kappa shape index (κ1) is 14.7. The summed E-state index contributed by atoms with van der Waals surface area (Å²) in [6, 6.07) is 3.14. The van der Waals surface area contributed by atoms with Gasteiger partial charge in [0.05, 0.1) is 17.0 Å². The minimum Gasteiger partial charge on any atom is -0.481 e. The molecule has 20 heavy (non-hydrogen) atoms. The summed E-state index contributed by atoms with van der Waals surface area (Å²) in [7, 11) is -3.95. The number of carboxylic acids is 1. The van der Waals surface area contributed by atoms with Crippen molar-refractivity contribution in [1.82, 2.24) is 0 Å². The molecule has 0 radical (unpaired) electrons. The van der Waals surface area contributed by atoms with Crippen molar-refractivity contribution >= 4 is 21.7 Å². The molecule has 1 atom stereocenters. The number of hydrogen-bond acceptors (Lipinski definition) is 4. The molecule has 8 heteroatoms. The number of anilines is 1. The number of nitrogens with zero attached hydrogens (tertiary/aromatic N) is 1. The fourth-order valence-corrected chi connectivity index (χ4v) is 2.99. The zero-order valence-electron chi connectivity index (χ0n) is 10.6. The van der Waals surface area contributed by atoms with E-state index in [1.807, 2.05) is 0 Å². The lowest BCUT2D eigenvalue weighted by molar-refractivity contribution is -0.137. The third-order valence-corrected chi connectivity index (χ3v) is 4.26. The number of hydrogen-bond donors (Lipinski definition) is 2. The number of carbonyl (C=O) groups is 1. The van der Waals surface area contributed by atoms with Crippen molar-refractivity contribution in [2.45, 2.75) is 30.2 Å². The van der Waals surface area contributed by atoms with Gasteiger partial charge in [0.15, 0.2) is 0 Å². The summed E-state index contributed by atoms with van der Waals surface area (Å²) < 4.78 is 36.3. The van der Waals surface area contributed by atoms with Crippen LogP contribution >= 0.6 is 0 Å². The van der Waals surface area contributed by atoms with E-state index in [0.29, 0.717) is 13.0 Å². The molecule has 0 amide bonds. The van der Waals surface area contributed by atoms with Gasteiger partial charge in [-0.25, -0.2) is 17.9 Å². The standard InChI is InChI=1S/C12H15FN2O4S/c13-10-7-9(20(14,18)19)3-4-11(10)15-5-1-2-8(15)6-12(16)17/h3-4,7-8H,1-2,5-6H2,(H,16,17)(H2,14,18,19). The van der Waals surface area contributed by atoms with Crippen molar-refractivity contribution in [3.63, 3.8) is 0 Å². The lowest BCUT2D eigenvalue weighted by atomic mass is 10.1. The molecule has 1 aliphatic heterocycles. The lowest BCUT2D eigenvalue weighted by Gasteiger charge is -2.26. The van der Waals surface area contributed by atoms with Gasteiger partial charge in [-0.3, -0.25) is 4.79 Å². The molecule has 0 saturated carbocycles. The molecule has 0 aliphatic carbocycles. The fourth-order valence-electron chi connectivity index (χ4n) is 2.46. The van der Waals surface area contributed by atoms with Gasteiger partial charge in [-0.2, -0.15) is 0 Å². The van der Waals surface area contributed by atoms with Crippen molar-refractivity contribution in [1.29, 1.82) is 0 Å². The summed E-state index contributed by atoms with van der Waals surface area (Å²) in [4.78, 5) is 12.2. The van der Waals surface area contributed by atoms with E-state index < -0.39 is 21.8 Å². The van der Waals surface area contributed by atoms with E-state index in [1.54, 1.807) is 4.90 Å². The molecule has 1 unspecified atom stereocenters. The Bertz CT molecular complexity index is 632. The highest BCUT2D eigenvalue weighted by molar-refractivity contribution is 7.89. The second-order valence-electron chi connectivity index (χ2n) is 4.75. The Kier molecular flexibility index (Phi) is 3.96. The second-order valence-corrected chi connectivity index (χ2v) is 6.31. The van der Waals surface area contributed by atoms with Crippen molar-refractivity contribution in [2.24, 2.45) is 5.14 Å². The van der Waals surface area contributed by atoms with Crippen LogP contribution in [0.2, 0.25) is 0 Å². The summed E-state index contributed by atoms with van der Waals surface area (Å²) in [5.41, 5.74) is 0.209. The highest BCUT2D eigenvalue weighted by Gasteiger charge is 2.28. The Labute approximate surface area is 116 Å². The molecule has 1 aromatic rings. The van der Waals surface area contributed by atoms with Gasteiger partial charge in [0.1, 0.15) is 5.82 Å². The molecule has 1 aliphatic rings. The highest BCUT2D eigenvalue weighted by Crippen LogP contribution is 2.30. The SMILES string of the molecule is NS(=O)(=O)c1ccc(N2CCCC2CC(=O)O)c(F)c1. The van der Waals surface area contributed by atoms with E-state index in [2.05, 4.69) is 0 Å². The van der Waals surface area contributed by atoms with Crippen LogP contribution in [0.1, 0.15) is 19.3 Å². The van der Waals surface area contributed by atoms with E-state index in [4.69, 9.17) is 10.2 Å². The number of aliphatic carboxylic acids is 1. The lowest BCUT2D eigenvalue weighted by Crippen LogP contribution is -2.32. The number of rotatable bonds is 4. The maximum Gasteiger partial charge on any atom is 0.305 e. The Morgan fingerprint density at radius 2 is 2.20 bits per heavy atom. The van der Waals surface area contributed by atoms with E-state index in [-0.39, 0.29) is 23.0 Å². The maximum atomic E-state index is 14.0. The predicted molar refractivity (Wildman–Crippen MR) is 70.4 cm³/mol. The first-order chi connectivity index (χ1) is 9.29. The normalized spacial score (nSPS) is 19.3. The van der Waals surface area contributed by atoms with E-state index in [0.717, 1.165) is 12.5 Å². The first-order valence-corrected chi connectivity index (χ1v) is 7.64. The topological polar surface area (TPSA) is 101 Å². The van der Waals surface area contributed by atoms with Crippen LogP contribution in [-0.4, -0.2) is 32.1 Å². The summed E-state index contributed by atoms with van der Waals surface area (Å²) in [6.45, 7) is 0.545. The van der Waals surface area contributed by atoms with Crippen molar-refractivity contribution in [3.8, 4) is 0 Å². The molecule has 0 aromatic heterocycles. The Morgan fingerprint density at radius 3 is 2.75 bits per heavy atom. The molecule has 1 saturated heterocycles. The highest BCUT2D eigenvalue weighted by atomic mass is 32.2. The summed E-state index contributed by atoms with van der Waals surface area (Å²) >= 11 is 0. The van der Waals surface area contributed by atoms with Gasteiger partial charge in [0, 0.05) is 12.6 Å². The average Bonchev–Trinajstić information content (AvgIpc) is 2.74. The molecule has 2 rings (SSSR count). The zero-order valence-corrected chi connectivity index (χ0v) is 11.4. The number of benzene rings is 1. The minimum absolute atomic E-state index is 0.0730. The Hall–Kier alpha value is -1.67. The zero-order chi connectivity index (χ0) is 14.9. The third-order valence-electron chi connectivity index (χ3n) is 3.34. The molecule has 3 N–H and O–H groups in total. The van der Waals surface area contributed by atoms with Crippen LogP contribution < -0.4 is 10.0 Å². The van der Waals surface area contributed by atoms with E-state index in [9.17, 15) is 17.6 Å². The van der Waals surface area contributed by atoms with Crippen molar-refractivity contribution < 1.29 is 22.7 Å². The monoisotopic (exact) mass is 302 g/mol. The van der Waals surface area contributed by atoms with Crippen molar-refractivity contribution in [3.05, 3.63) is 24.0 Å². The summed E-state index contributed by atoms with van der Waals surface area (Å²) in [6.07, 6.45) is 1.37. The maximum absolute atomic E-state index is 14.0. The molecular formula is C12H15FN2O4S. The van der Waals surface area contributed by atoms with Crippen LogP contribution in [0.3, 0.4) is 0 Å². The Balaban J connectivity index is 2.31. The van der Waals surface area contributed by atoms with E-state index in [1.165, 1.54) is 12.1 Å². The fraction of sp³-hybridized carbons (Fsp3) is 0.417. The molecule has 1 fully saturated rings. The van der Waals surface area contributed by atoms with Crippen LogP contribution in [0.15, 0.2) is 23.1 Å². The predicted octanol–water partition coefficient (Wildman–Crippen LogP) is 0.917. The first-order valence-electron chi connectivity index (χ1n) is 6.10.